The van der Waals surface area contributed by atoms with Crippen LogP contribution in [0.2, 0.25) is 0 Å². The number of aliphatic hydroxyl groups is 1. The van der Waals surface area contributed by atoms with E-state index in [4.69, 9.17) is 0 Å². The van der Waals surface area contributed by atoms with Gasteiger partial charge in [-0.2, -0.15) is 0 Å². The first-order valence-corrected chi connectivity index (χ1v) is 9.99. The van der Waals surface area contributed by atoms with E-state index in [9.17, 15) is 19.1 Å². The lowest BCUT2D eigenvalue weighted by Crippen LogP contribution is -2.30. The summed E-state index contributed by atoms with van der Waals surface area (Å²) in [5, 5.41) is 11.2. The molecule has 0 aromatic heterocycles. The minimum absolute atomic E-state index is 0.00596. The molecular weight excluding hydrogens is 393 g/mol. The molecule has 0 bridgehead atoms. The Bertz CT molecular complexity index is 1230. The molecule has 0 aliphatic carbocycles. The summed E-state index contributed by atoms with van der Waals surface area (Å²) in [5.41, 5.74) is 4.10. The molecule has 1 unspecified atom stereocenters. The second kappa shape index (κ2) is 7.84. The molecule has 1 saturated heterocycles. The van der Waals surface area contributed by atoms with E-state index in [-0.39, 0.29) is 11.3 Å². The number of amides is 1. The molecule has 156 valence electrons. The van der Waals surface area contributed by atoms with E-state index in [0.29, 0.717) is 16.8 Å². The van der Waals surface area contributed by atoms with E-state index in [0.717, 1.165) is 16.7 Å². The molecule has 31 heavy (non-hydrogen) atoms. The van der Waals surface area contributed by atoms with Crippen LogP contribution in [-0.2, 0) is 9.59 Å². The Morgan fingerprint density at radius 3 is 2.26 bits per heavy atom. The fourth-order valence-electron chi connectivity index (χ4n) is 4.01. The molecule has 1 amide bonds. The van der Waals surface area contributed by atoms with Crippen LogP contribution in [0.15, 0.2) is 72.3 Å². The number of nitrogens with zero attached hydrogens (tertiary/aromatic N) is 1. The standard InChI is InChI=1S/C26H22FNO3/c1-15-8-9-16(2)20(14-15)24(29)22-23(18-10-12-19(27)13-11-18)28(26(31)25(22)30)21-7-5-4-6-17(21)3/h4-14,23,29H,1-3H3/b24-22+. The van der Waals surface area contributed by atoms with Crippen LogP contribution in [0.5, 0.6) is 0 Å². The lowest BCUT2D eigenvalue weighted by Gasteiger charge is -2.27. The lowest BCUT2D eigenvalue weighted by molar-refractivity contribution is -0.132. The molecule has 0 radical (unpaired) electrons. The van der Waals surface area contributed by atoms with Gasteiger partial charge in [-0.15, -0.1) is 0 Å². The number of carbonyl (C=O) groups excluding carboxylic acids is 2. The summed E-state index contributed by atoms with van der Waals surface area (Å²) in [5.74, 6) is -2.15. The molecular formula is C26H22FNO3. The van der Waals surface area contributed by atoms with Crippen molar-refractivity contribution in [3.05, 3.63) is 106 Å². The zero-order valence-corrected chi connectivity index (χ0v) is 17.5. The van der Waals surface area contributed by atoms with Crippen molar-refractivity contribution in [2.45, 2.75) is 26.8 Å². The van der Waals surface area contributed by atoms with Gasteiger partial charge in [0.15, 0.2) is 0 Å². The monoisotopic (exact) mass is 415 g/mol. The van der Waals surface area contributed by atoms with Crippen molar-refractivity contribution in [2.24, 2.45) is 0 Å². The number of aryl methyl sites for hydroxylation is 3. The number of hydrogen-bond acceptors (Lipinski definition) is 3. The molecule has 0 saturated carbocycles. The summed E-state index contributed by atoms with van der Waals surface area (Å²) in [6.07, 6.45) is 0. The number of anilines is 1. The Morgan fingerprint density at radius 2 is 1.58 bits per heavy atom. The summed E-state index contributed by atoms with van der Waals surface area (Å²) in [6, 6.07) is 17.6. The number of hydrogen-bond donors (Lipinski definition) is 1. The van der Waals surface area contributed by atoms with Crippen LogP contribution in [0.1, 0.15) is 33.9 Å². The fourth-order valence-corrected chi connectivity index (χ4v) is 4.01. The maximum Gasteiger partial charge on any atom is 0.300 e. The maximum absolute atomic E-state index is 13.6. The van der Waals surface area contributed by atoms with Gasteiger partial charge >= 0.3 is 0 Å². The van der Waals surface area contributed by atoms with Crippen LogP contribution in [0.4, 0.5) is 10.1 Å². The third-order valence-corrected chi connectivity index (χ3v) is 5.65. The molecule has 1 atom stereocenters. The van der Waals surface area contributed by atoms with Crippen molar-refractivity contribution in [3.8, 4) is 0 Å². The number of rotatable bonds is 3. The van der Waals surface area contributed by atoms with Crippen molar-refractivity contribution in [1.82, 2.24) is 0 Å². The first kappa shape index (κ1) is 20.5. The SMILES string of the molecule is Cc1ccc(C)c(/C(O)=C2\C(=O)C(=O)N(c3ccccc3C)C2c2ccc(F)cc2)c1. The molecule has 3 aromatic carbocycles. The summed E-state index contributed by atoms with van der Waals surface area (Å²) in [6.45, 7) is 5.57. The van der Waals surface area contributed by atoms with Gasteiger partial charge in [0, 0.05) is 11.3 Å². The molecule has 1 N–H and O–H groups in total. The summed E-state index contributed by atoms with van der Waals surface area (Å²) >= 11 is 0. The molecule has 3 aromatic rings. The summed E-state index contributed by atoms with van der Waals surface area (Å²) < 4.78 is 13.6. The molecule has 5 heteroatoms. The number of halogens is 1. The quantitative estimate of drug-likeness (QED) is 0.355. The highest BCUT2D eigenvalue weighted by Crippen LogP contribution is 2.43. The second-order valence-electron chi connectivity index (χ2n) is 7.83. The predicted molar refractivity (Wildman–Crippen MR) is 118 cm³/mol. The van der Waals surface area contributed by atoms with Crippen molar-refractivity contribution in [3.63, 3.8) is 0 Å². The third-order valence-electron chi connectivity index (χ3n) is 5.65. The number of Topliss-reactive ketones (excluding diaryl/α,β-unsaturated/α-hetero) is 1. The zero-order valence-electron chi connectivity index (χ0n) is 17.5. The molecule has 1 heterocycles. The van der Waals surface area contributed by atoms with Crippen LogP contribution in [0, 0.1) is 26.6 Å². The van der Waals surface area contributed by atoms with Crippen molar-refractivity contribution in [2.75, 3.05) is 4.90 Å². The number of aliphatic hydroxyl groups excluding tert-OH is 1. The van der Waals surface area contributed by atoms with Crippen LogP contribution < -0.4 is 4.90 Å². The van der Waals surface area contributed by atoms with Crippen LogP contribution in [-0.4, -0.2) is 16.8 Å². The van der Waals surface area contributed by atoms with Gasteiger partial charge in [-0.05, 0) is 61.7 Å². The first-order chi connectivity index (χ1) is 14.8. The Hall–Kier alpha value is -3.73. The number of para-hydroxylation sites is 1. The highest BCUT2D eigenvalue weighted by Gasteiger charge is 2.47. The minimum Gasteiger partial charge on any atom is -0.507 e. The average molecular weight is 415 g/mol. The molecule has 4 nitrogen and oxygen atoms in total. The predicted octanol–water partition coefficient (Wildman–Crippen LogP) is 5.38. The fraction of sp³-hybridized carbons (Fsp3) is 0.154. The van der Waals surface area contributed by atoms with E-state index in [1.54, 1.807) is 18.2 Å². The highest BCUT2D eigenvalue weighted by atomic mass is 19.1. The Kier molecular flexibility index (Phi) is 5.19. The molecule has 1 aliphatic rings. The lowest BCUT2D eigenvalue weighted by atomic mass is 9.93. The van der Waals surface area contributed by atoms with Crippen molar-refractivity contribution < 1.29 is 19.1 Å². The van der Waals surface area contributed by atoms with Gasteiger partial charge in [-0.1, -0.05) is 48.0 Å². The zero-order chi connectivity index (χ0) is 22.3. The number of carbonyl (C=O) groups is 2. The van der Waals surface area contributed by atoms with Gasteiger partial charge in [0.25, 0.3) is 11.7 Å². The number of benzene rings is 3. The number of ketones is 1. The van der Waals surface area contributed by atoms with Crippen LogP contribution in [0.3, 0.4) is 0 Å². The Labute approximate surface area is 180 Å². The highest BCUT2D eigenvalue weighted by molar-refractivity contribution is 6.51. The van der Waals surface area contributed by atoms with Gasteiger partial charge in [0.2, 0.25) is 0 Å². The van der Waals surface area contributed by atoms with E-state index < -0.39 is 23.5 Å². The van der Waals surface area contributed by atoms with E-state index in [1.165, 1.54) is 29.2 Å². The van der Waals surface area contributed by atoms with Gasteiger partial charge in [0.1, 0.15) is 11.6 Å². The third kappa shape index (κ3) is 3.52. The second-order valence-corrected chi connectivity index (χ2v) is 7.83. The Balaban J connectivity index is 2.00. The van der Waals surface area contributed by atoms with Crippen LogP contribution >= 0.6 is 0 Å². The van der Waals surface area contributed by atoms with Crippen molar-refractivity contribution in [1.29, 1.82) is 0 Å². The molecule has 1 fully saturated rings. The summed E-state index contributed by atoms with van der Waals surface area (Å²) in [4.78, 5) is 27.7. The maximum atomic E-state index is 13.6. The minimum atomic E-state index is -0.874. The first-order valence-electron chi connectivity index (χ1n) is 9.99. The summed E-state index contributed by atoms with van der Waals surface area (Å²) in [7, 11) is 0. The van der Waals surface area contributed by atoms with E-state index in [1.807, 2.05) is 45.0 Å². The van der Waals surface area contributed by atoms with Gasteiger partial charge in [-0.25, -0.2) is 4.39 Å². The van der Waals surface area contributed by atoms with E-state index >= 15 is 0 Å². The topological polar surface area (TPSA) is 57.6 Å². The largest absolute Gasteiger partial charge is 0.507 e. The molecule has 4 rings (SSSR count). The smallest absolute Gasteiger partial charge is 0.300 e. The van der Waals surface area contributed by atoms with Crippen LogP contribution in [0.25, 0.3) is 5.76 Å². The van der Waals surface area contributed by atoms with Gasteiger partial charge < -0.3 is 5.11 Å². The Morgan fingerprint density at radius 1 is 0.903 bits per heavy atom. The van der Waals surface area contributed by atoms with Gasteiger partial charge in [0.05, 0.1) is 11.6 Å². The molecule has 0 spiro atoms. The van der Waals surface area contributed by atoms with Crippen molar-refractivity contribution >= 4 is 23.1 Å². The normalized spacial score (nSPS) is 17.9. The van der Waals surface area contributed by atoms with E-state index in [2.05, 4.69) is 0 Å². The van der Waals surface area contributed by atoms with Gasteiger partial charge in [-0.3, -0.25) is 14.5 Å². The average Bonchev–Trinajstić information content (AvgIpc) is 3.01. The molecule has 1 aliphatic heterocycles.